The summed E-state index contributed by atoms with van der Waals surface area (Å²) in [5.41, 5.74) is 6.44. The number of hydrogen-bond donors (Lipinski definition) is 4. The normalized spacial score (nSPS) is 11.9. The first kappa shape index (κ1) is 18.3. The van der Waals surface area contributed by atoms with Crippen molar-refractivity contribution in [3.05, 3.63) is 53.9 Å². The molecule has 3 aromatic rings. The smallest absolute Gasteiger partial charge is 0.257 e. The van der Waals surface area contributed by atoms with Gasteiger partial charge in [-0.05, 0) is 30.3 Å². The number of para-hydroxylation sites is 2. The summed E-state index contributed by atoms with van der Waals surface area (Å²) < 4.78 is 10.4. The summed E-state index contributed by atoms with van der Waals surface area (Å²) in [5, 5.41) is 2.46. The quantitative estimate of drug-likeness (QED) is 0.462. The molecular weight excluding hydrogens is 378 g/mol. The van der Waals surface area contributed by atoms with Gasteiger partial charge in [0.1, 0.15) is 5.82 Å². The summed E-state index contributed by atoms with van der Waals surface area (Å²) in [5.74, 6) is 0.0454. The fraction of sp³-hybridized carbons (Fsp3) is 0.158. The van der Waals surface area contributed by atoms with Crippen LogP contribution in [-0.4, -0.2) is 41.0 Å². The van der Waals surface area contributed by atoms with Crippen molar-refractivity contribution < 1.29 is 23.9 Å². The molecule has 0 radical (unpaired) electrons. The summed E-state index contributed by atoms with van der Waals surface area (Å²) in [6.07, 6.45) is -0.0293. The van der Waals surface area contributed by atoms with Crippen molar-refractivity contribution in [2.75, 3.05) is 13.3 Å². The van der Waals surface area contributed by atoms with E-state index in [0.717, 1.165) is 11.0 Å². The van der Waals surface area contributed by atoms with Crippen LogP contribution in [0.1, 0.15) is 16.2 Å². The standard InChI is InChI=1S/C19H17N5O5/c25-17(8-16-21-12-3-1-2-4-13(12)22-16)23-24-18(26)9-20-19(27)11-5-6-14-15(7-11)29-10-28-14/h1-7H,8-10H2,(H,20,27)(H,21,22)(H,23,25)(H,24,26). The zero-order chi connectivity index (χ0) is 20.2. The van der Waals surface area contributed by atoms with E-state index in [0.29, 0.717) is 22.9 Å². The first-order chi connectivity index (χ1) is 14.1. The average Bonchev–Trinajstić information content (AvgIpc) is 3.35. The highest BCUT2D eigenvalue weighted by Crippen LogP contribution is 2.32. The molecule has 1 aromatic heterocycles. The molecule has 0 saturated heterocycles. The van der Waals surface area contributed by atoms with Crippen molar-refractivity contribution in [1.29, 1.82) is 0 Å². The van der Waals surface area contributed by atoms with E-state index in [-0.39, 0.29) is 19.8 Å². The number of hydrazine groups is 1. The second-order valence-corrected chi connectivity index (χ2v) is 6.22. The van der Waals surface area contributed by atoms with Crippen LogP contribution in [0.25, 0.3) is 11.0 Å². The lowest BCUT2D eigenvalue weighted by atomic mass is 10.2. The minimum absolute atomic E-state index is 0.0293. The van der Waals surface area contributed by atoms with E-state index in [2.05, 4.69) is 26.1 Å². The Morgan fingerprint density at radius 1 is 1.00 bits per heavy atom. The highest BCUT2D eigenvalue weighted by molar-refractivity contribution is 5.97. The largest absolute Gasteiger partial charge is 0.454 e. The number of nitrogens with zero attached hydrogens (tertiary/aromatic N) is 1. The number of fused-ring (bicyclic) bond motifs is 2. The maximum Gasteiger partial charge on any atom is 0.257 e. The fourth-order valence-electron chi connectivity index (χ4n) is 2.77. The molecule has 3 amide bonds. The van der Waals surface area contributed by atoms with Gasteiger partial charge in [0.25, 0.3) is 11.8 Å². The van der Waals surface area contributed by atoms with E-state index in [1.54, 1.807) is 12.1 Å². The Kier molecular flexibility index (Phi) is 4.97. The average molecular weight is 395 g/mol. The fourth-order valence-corrected chi connectivity index (χ4v) is 2.77. The van der Waals surface area contributed by atoms with Crippen LogP contribution >= 0.6 is 0 Å². The summed E-state index contributed by atoms with van der Waals surface area (Å²) in [6, 6.07) is 12.1. The zero-order valence-electron chi connectivity index (χ0n) is 15.2. The van der Waals surface area contributed by atoms with Crippen molar-refractivity contribution in [3.8, 4) is 11.5 Å². The number of hydrogen-bond acceptors (Lipinski definition) is 6. The second-order valence-electron chi connectivity index (χ2n) is 6.22. The number of nitrogens with one attached hydrogen (secondary N) is 4. The summed E-state index contributed by atoms with van der Waals surface area (Å²) >= 11 is 0. The molecule has 4 rings (SSSR count). The highest BCUT2D eigenvalue weighted by atomic mass is 16.7. The number of benzene rings is 2. The lowest BCUT2D eigenvalue weighted by Crippen LogP contribution is -2.46. The second kappa shape index (κ2) is 7.89. The monoisotopic (exact) mass is 395 g/mol. The van der Waals surface area contributed by atoms with Crippen molar-refractivity contribution in [2.24, 2.45) is 0 Å². The van der Waals surface area contributed by atoms with Gasteiger partial charge in [0.2, 0.25) is 12.7 Å². The molecule has 10 heteroatoms. The lowest BCUT2D eigenvalue weighted by molar-refractivity contribution is -0.128. The lowest BCUT2D eigenvalue weighted by Gasteiger charge is -2.08. The molecule has 29 heavy (non-hydrogen) atoms. The van der Waals surface area contributed by atoms with Crippen LogP contribution in [0.4, 0.5) is 0 Å². The third kappa shape index (κ3) is 4.26. The van der Waals surface area contributed by atoms with Crippen molar-refractivity contribution in [2.45, 2.75) is 6.42 Å². The van der Waals surface area contributed by atoms with Crippen LogP contribution < -0.4 is 25.6 Å². The molecule has 2 aromatic carbocycles. The molecule has 0 atom stereocenters. The maximum absolute atomic E-state index is 12.1. The molecule has 2 heterocycles. The van der Waals surface area contributed by atoms with Crippen LogP contribution in [0.2, 0.25) is 0 Å². The van der Waals surface area contributed by atoms with Gasteiger partial charge in [0.15, 0.2) is 11.5 Å². The molecule has 0 spiro atoms. The number of aromatic nitrogens is 2. The first-order valence-electron chi connectivity index (χ1n) is 8.77. The molecule has 0 aliphatic carbocycles. The van der Waals surface area contributed by atoms with Gasteiger partial charge in [-0.1, -0.05) is 12.1 Å². The maximum atomic E-state index is 12.1. The molecule has 0 bridgehead atoms. The Bertz CT molecular complexity index is 1060. The van der Waals surface area contributed by atoms with Crippen molar-refractivity contribution >= 4 is 28.8 Å². The predicted molar refractivity (Wildman–Crippen MR) is 101 cm³/mol. The van der Waals surface area contributed by atoms with Crippen LogP contribution in [0.3, 0.4) is 0 Å². The third-order valence-corrected chi connectivity index (χ3v) is 4.15. The van der Waals surface area contributed by atoms with Crippen LogP contribution in [-0.2, 0) is 16.0 Å². The topological polar surface area (TPSA) is 134 Å². The molecular formula is C19H17N5O5. The van der Waals surface area contributed by atoms with Crippen LogP contribution in [0, 0.1) is 0 Å². The summed E-state index contributed by atoms with van der Waals surface area (Å²) in [7, 11) is 0. The Morgan fingerprint density at radius 2 is 1.79 bits per heavy atom. The predicted octanol–water partition coefficient (Wildman–Crippen LogP) is 0.412. The molecule has 148 valence electrons. The van der Waals surface area contributed by atoms with Crippen molar-refractivity contribution in [3.63, 3.8) is 0 Å². The number of amides is 3. The van der Waals surface area contributed by atoms with E-state index < -0.39 is 17.7 Å². The Hall–Kier alpha value is -4.08. The number of aromatic amines is 1. The number of carbonyl (C=O) groups is 3. The first-order valence-corrected chi connectivity index (χ1v) is 8.77. The van der Waals surface area contributed by atoms with Gasteiger partial charge in [0.05, 0.1) is 24.0 Å². The third-order valence-electron chi connectivity index (χ3n) is 4.15. The molecule has 10 nitrogen and oxygen atoms in total. The molecule has 4 N–H and O–H groups in total. The van der Waals surface area contributed by atoms with Gasteiger partial charge in [0, 0.05) is 5.56 Å². The Labute approximate surface area is 164 Å². The van der Waals surface area contributed by atoms with Crippen molar-refractivity contribution in [1.82, 2.24) is 26.1 Å². The molecule has 0 fully saturated rings. The van der Waals surface area contributed by atoms with Gasteiger partial charge < -0.3 is 19.8 Å². The summed E-state index contributed by atoms with van der Waals surface area (Å²) in [4.78, 5) is 43.3. The number of rotatable bonds is 5. The van der Waals surface area contributed by atoms with E-state index in [9.17, 15) is 14.4 Å². The number of carbonyl (C=O) groups excluding carboxylic acids is 3. The zero-order valence-corrected chi connectivity index (χ0v) is 15.2. The molecule has 0 saturated carbocycles. The van der Waals surface area contributed by atoms with Gasteiger partial charge in [-0.3, -0.25) is 25.2 Å². The Morgan fingerprint density at radius 3 is 2.66 bits per heavy atom. The summed E-state index contributed by atoms with van der Waals surface area (Å²) in [6.45, 7) is -0.200. The van der Waals surface area contributed by atoms with Crippen LogP contribution in [0.15, 0.2) is 42.5 Å². The Balaban J connectivity index is 1.22. The minimum atomic E-state index is -0.572. The van der Waals surface area contributed by atoms with Crippen LogP contribution in [0.5, 0.6) is 11.5 Å². The van der Waals surface area contributed by atoms with Gasteiger partial charge >= 0.3 is 0 Å². The highest BCUT2D eigenvalue weighted by Gasteiger charge is 2.17. The molecule has 1 aliphatic rings. The van der Waals surface area contributed by atoms with E-state index in [1.165, 1.54) is 6.07 Å². The number of H-pyrrole nitrogens is 1. The van der Waals surface area contributed by atoms with Gasteiger partial charge in [-0.25, -0.2) is 4.98 Å². The van der Waals surface area contributed by atoms with Gasteiger partial charge in [-0.2, -0.15) is 0 Å². The van der Waals surface area contributed by atoms with E-state index in [1.807, 2.05) is 24.3 Å². The van der Waals surface area contributed by atoms with E-state index >= 15 is 0 Å². The number of ether oxygens (including phenoxy) is 2. The molecule has 1 aliphatic heterocycles. The number of imidazole rings is 1. The minimum Gasteiger partial charge on any atom is -0.454 e. The van der Waals surface area contributed by atoms with E-state index in [4.69, 9.17) is 9.47 Å². The molecule has 0 unspecified atom stereocenters. The van der Waals surface area contributed by atoms with Gasteiger partial charge in [-0.15, -0.1) is 0 Å². The SMILES string of the molecule is O=C(CNC(=O)c1ccc2c(c1)OCO2)NNC(=O)Cc1nc2ccccc2[nH]1.